The van der Waals surface area contributed by atoms with Crippen molar-refractivity contribution in [2.45, 2.75) is 38.2 Å². The molecule has 0 aromatic heterocycles. The van der Waals surface area contributed by atoms with Gasteiger partial charge in [-0.25, -0.2) is 5.90 Å². The van der Waals surface area contributed by atoms with Crippen molar-refractivity contribution in [2.75, 3.05) is 14.1 Å². The van der Waals surface area contributed by atoms with Crippen LogP contribution >= 0.6 is 0 Å². The van der Waals surface area contributed by atoms with Gasteiger partial charge in [0.25, 0.3) is 0 Å². The van der Waals surface area contributed by atoms with Crippen LogP contribution in [-0.2, 0) is 4.74 Å². The minimum absolute atomic E-state index is 0.186. The van der Waals surface area contributed by atoms with Gasteiger partial charge in [-0.1, -0.05) is 0 Å². The van der Waals surface area contributed by atoms with E-state index in [4.69, 9.17) is 9.94 Å². The van der Waals surface area contributed by atoms with E-state index in [-0.39, 0.29) is 6.10 Å². The Kier molecular flexibility index (Phi) is 6.19. The molecule has 0 aliphatic carbocycles. The van der Waals surface area contributed by atoms with E-state index in [0.717, 1.165) is 12.8 Å². The lowest BCUT2D eigenvalue weighted by molar-refractivity contribution is -0.172. The molecule has 80 valence electrons. The van der Waals surface area contributed by atoms with Gasteiger partial charge < -0.3 is 20.0 Å². The van der Waals surface area contributed by atoms with Gasteiger partial charge in [-0.2, -0.15) is 0 Å². The molecule has 0 amide bonds. The maximum Gasteiger partial charge on any atom is 0.156 e. The van der Waals surface area contributed by atoms with Gasteiger partial charge in [0.15, 0.2) is 6.29 Å². The standard InChI is InChI=1S/C8H17NO2.H3NO/c1-6-4-7(9(2)3)5-8(10)11-6;1-2/h6-8,10H,4-5H2,1-3H3;2H,1H2. The SMILES string of the molecule is CC1CC(N(C)C)CC(O)O1.NO. The van der Waals surface area contributed by atoms with Crippen LogP contribution in [0.25, 0.3) is 0 Å². The first-order valence-corrected chi connectivity index (χ1v) is 4.35. The van der Waals surface area contributed by atoms with Crippen LogP contribution in [0.1, 0.15) is 19.8 Å². The van der Waals surface area contributed by atoms with Gasteiger partial charge in [0, 0.05) is 12.5 Å². The molecule has 0 bridgehead atoms. The van der Waals surface area contributed by atoms with E-state index in [1.807, 2.05) is 21.0 Å². The van der Waals surface area contributed by atoms with Crippen LogP contribution in [-0.4, -0.2) is 47.7 Å². The number of hydrogen-bond acceptors (Lipinski definition) is 5. The zero-order valence-electron chi connectivity index (χ0n) is 8.47. The molecule has 3 unspecified atom stereocenters. The molecule has 1 rings (SSSR count). The third-order valence-electron chi connectivity index (χ3n) is 2.20. The Hall–Kier alpha value is -0.200. The van der Waals surface area contributed by atoms with E-state index in [0.29, 0.717) is 6.04 Å². The average Bonchev–Trinajstić information content (AvgIpc) is 2.06. The molecule has 4 N–H and O–H groups in total. The van der Waals surface area contributed by atoms with E-state index in [1.165, 1.54) is 0 Å². The van der Waals surface area contributed by atoms with Crippen molar-refractivity contribution < 1.29 is 15.1 Å². The highest BCUT2D eigenvalue weighted by atomic mass is 16.6. The molecule has 5 nitrogen and oxygen atoms in total. The molecule has 1 aliphatic rings. The quantitative estimate of drug-likeness (QED) is 0.500. The zero-order chi connectivity index (χ0) is 10.4. The fourth-order valence-corrected chi connectivity index (χ4v) is 1.51. The van der Waals surface area contributed by atoms with Gasteiger partial charge in [0.05, 0.1) is 6.10 Å². The van der Waals surface area contributed by atoms with Crippen LogP contribution in [0.2, 0.25) is 0 Å². The molecule has 1 fully saturated rings. The fourth-order valence-electron chi connectivity index (χ4n) is 1.51. The van der Waals surface area contributed by atoms with Crippen molar-refractivity contribution in [1.29, 1.82) is 0 Å². The highest BCUT2D eigenvalue weighted by Gasteiger charge is 2.26. The van der Waals surface area contributed by atoms with Gasteiger partial charge in [-0.15, -0.1) is 0 Å². The lowest BCUT2D eigenvalue weighted by atomic mass is 10.0. The first-order valence-electron chi connectivity index (χ1n) is 4.35. The van der Waals surface area contributed by atoms with Crippen molar-refractivity contribution >= 4 is 0 Å². The summed E-state index contributed by atoms with van der Waals surface area (Å²) in [6, 6.07) is 0.466. The smallest absolute Gasteiger partial charge is 0.156 e. The predicted octanol–water partition coefficient (Wildman–Crippen LogP) is -0.232. The van der Waals surface area contributed by atoms with Gasteiger partial charge >= 0.3 is 0 Å². The van der Waals surface area contributed by atoms with E-state index in [1.54, 1.807) is 0 Å². The normalized spacial score (nSPS) is 33.9. The first-order chi connectivity index (χ1) is 6.09. The summed E-state index contributed by atoms with van der Waals surface area (Å²) in [6.07, 6.45) is 1.37. The molecule has 0 aromatic rings. The summed E-state index contributed by atoms with van der Waals surface area (Å²) in [5.41, 5.74) is 0. The minimum Gasteiger partial charge on any atom is -0.368 e. The Morgan fingerprint density at radius 1 is 1.31 bits per heavy atom. The molecule has 0 radical (unpaired) electrons. The second kappa shape index (κ2) is 6.28. The number of rotatable bonds is 1. The summed E-state index contributed by atoms with van der Waals surface area (Å²) >= 11 is 0. The Bertz CT molecular complexity index is 123. The first kappa shape index (κ1) is 12.8. The Morgan fingerprint density at radius 2 is 1.85 bits per heavy atom. The molecular formula is C8H20N2O3. The summed E-state index contributed by atoms with van der Waals surface area (Å²) in [4.78, 5) is 2.14. The second-order valence-electron chi connectivity index (χ2n) is 3.49. The number of hydrogen-bond donors (Lipinski definition) is 3. The lowest BCUT2D eigenvalue weighted by Gasteiger charge is -2.34. The molecule has 3 atom stereocenters. The van der Waals surface area contributed by atoms with Crippen LogP contribution in [0.4, 0.5) is 0 Å². The van der Waals surface area contributed by atoms with E-state index >= 15 is 0 Å². The number of nitrogens with zero attached hydrogens (tertiary/aromatic N) is 1. The Morgan fingerprint density at radius 3 is 2.23 bits per heavy atom. The molecule has 0 spiro atoms. The molecular weight excluding hydrogens is 172 g/mol. The molecule has 5 heteroatoms. The molecule has 0 saturated carbocycles. The molecule has 13 heavy (non-hydrogen) atoms. The molecule has 0 aromatic carbocycles. The summed E-state index contributed by atoms with van der Waals surface area (Å²) in [7, 11) is 4.07. The van der Waals surface area contributed by atoms with E-state index in [9.17, 15) is 5.11 Å². The van der Waals surface area contributed by atoms with Gasteiger partial charge in [-0.05, 0) is 27.4 Å². The maximum absolute atomic E-state index is 9.25. The third-order valence-corrected chi connectivity index (χ3v) is 2.20. The number of ether oxygens (including phenoxy) is 1. The maximum atomic E-state index is 9.25. The van der Waals surface area contributed by atoms with Crippen LogP contribution in [0, 0.1) is 0 Å². The van der Waals surface area contributed by atoms with Crippen molar-refractivity contribution in [3.63, 3.8) is 0 Å². The van der Waals surface area contributed by atoms with Crippen molar-refractivity contribution in [2.24, 2.45) is 5.90 Å². The largest absolute Gasteiger partial charge is 0.368 e. The third kappa shape index (κ3) is 4.54. The van der Waals surface area contributed by atoms with Gasteiger partial charge in [0.1, 0.15) is 0 Å². The summed E-state index contributed by atoms with van der Waals surface area (Å²) < 4.78 is 5.20. The summed E-state index contributed by atoms with van der Waals surface area (Å²) in [5.74, 6) is 3.50. The topological polar surface area (TPSA) is 79.0 Å². The Labute approximate surface area is 79.0 Å². The van der Waals surface area contributed by atoms with Crippen LogP contribution < -0.4 is 5.90 Å². The predicted molar refractivity (Wildman–Crippen MR) is 49.2 cm³/mol. The highest BCUT2D eigenvalue weighted by Crippen LogP contribution is 2.20. The zero-order valence-corrected chi connectivity index (χ0v) is 8.47. The molecule has 1 saturated heterocycles. The van der Waals surface area contributed by atoms with Crippen molar-refractivity contribution in [3.8, 4) is 0 Å². The highest BCUT2D eigenvalue weighted by molar-refractivity contribution is 4.75. The minimum atomic E-state index is -0.564. The number of aliphatic hydroxyl groups excluding tert-OH is 1. The molecule has 1 heterocycles. The Balaban J connectivity index is 0.000000671. The van der Waals surface area contributed by atoms with Crippen LogP contribution in [0.15, 0.2) is 0 Å². The summed E-state index contributed by atoms with van der Waals surface area (Å²) in [6.45, 7) is 2.00. The van der Waals surface area contributed by atoms with Crippen LogP contribution in [0.3, 0.4) is 0 Å². The van der Waals surface area contributed by atoms with Gasteiger partial charge in [0.2, 0.25) is 0 Å². The van der Waals surface area contributed by atoms with E-state index < -0.39 is 6.29 Å². The average molecular weight is 192 g/mol. The lowest BCUT2D eigenvalue weighted by Crippen LogP contribution is -2.41. The van der Waals surface area contributed by atoms with Gasteiger partial charge in [-0.3, -0.25) is 0 Å². The number of aliphatic hydroxyl groups is 1. The fraction of sp³-hybridized carbons (Fsp3) is 1.00. The number of nitrogens with two attached hydrogens (primary N) is 1. The summed E-state index contributed by atoms with van der Waals surface area (Å²) in [5, 5.41) is 15.8. The van der Waals surface area contributed by atoms with Crippen molar-refractivity contribution in [1.82, 2.24) is 4.90 Å². The monoisotopic (exact) mass is 192 g/mol. The van der Waals surface area contributed by atoms with Crippen molar-refractivity contribution in [3.05, 3.63) is 0 Å². The molecule has 1 aliphatic heterocycles. The van der Waals surface area contributed by atoms with Crippen LogP contribution in [0.5, 0.6) is 0 Å². The van der Waals surface area contributed by atoms with E-state index in [2.05, 4.69) is 10.8 Å². The second-order valence-corrected chi connectivity index (χ2v) is 3.49.